The van der Waals surface area contributed by atoms with Crippen LogP contribution in [0.5, 0.6) is 0 Å². The number of benzene rings is 1. The molecule has 0 bridgehead atoms. The van der Waals surface area contributed by atoms with Crippen LogP contribution in [0.1, 0.15) is 41.2 Å². The molecule has 1 aromatic carbocycles. The molecule has 2 aliphatic rings. The summed E-state index contributed by atoms with van der Waals surface area (Å²) in [7, 11) is 0. The van der Waals surface area contributed by atoms with E-state index in [1.807, 2.05) is 17.0 Å². The number of β-amino-alcohol motifs (C(OH)–C–C–N with tert-alkyl or cyclic N) is 1. The molecule has 0 aliphatic carbocycles. The van der Waals surface area contributed by atoms with Crippen molar-refractivity contribution in [1.29, 1.82) is 0 Å². The Bertz CT molecular complexity index is 1180. The van der Waals surface area contributed by atoms with Gasteiger partial charge in [-0.3, -0.25) is 4.79 Å². The molecule has 2 saturated heterocycles. The molecule has 7 nitrogen and oxygen atoms in total. The van der Waals surface area contributed by atoms with Gasteiger partial charge in [-0.2, -0.15) is 5.10 Å². The van der Waals surface area contributed by atoms with E-state index in [2.05, 4.69) is 5.10 Å². The van der Waals surface area contributed by atoms with Crippen LogP contribution >= 0.6 is 0 Å². The fourth-order valence-electron chi connectivity index (χ4n) is 4.81. The third-order valence-corrected chi connectivity index (χ3v) is 6.55. The van der Waals surface area contributed by atoms with Crippen LogP contribution in [0, 0.1) is 11.6 Å². The first-order chi connectivity index (χ1) is 15.4. The first-order valence-corrected chi connectivity index (χ1v) is 10.7. The van der Waals surface area contributed by atoms with Crippen molar-refractivity contribution in [3.05, 3.63) is 65.5 Å². The Morgan fingerprint density at radius 1 is 1.22 bits per heavy atom. The van der Waals surface area contributed by atoms with E-state index in [1.165, 1.54) is 17.2 Å². The van der Waals surface area contributed by atoms with Crippen molar-refractivity contribution >= 4 is 17.1 Å². The lowest BCUT2D eigenvalue weighted by Crippen LogP contribution is -2.38. The molecule has 2 fully saturated rings. The summed E-state index contributed by atoms with van der Waals surface area (Å²) in [5.74, 6) is -1.17. The maximum atomic E-state index is 14.5. The molecule has 2 N–H and O–H groups in total. The molecule has 2 aromatic heterocycles. The number of hydrogen-bond acceptors (Lipinski definition) is 5. The summed E-state index contributed by atoms with van der Waals surface area (Å²) in [5.41, 5.74) is 0.833. The van der Waals surface area contributed by atoms with Gasteiger partial charge in [0.2, 0.25) is 0 Å². The normalized spacial score (nSPS) is 23.4. The maximum Gasteiger partial charge on any atom is 0.257 e. The Kier molecular flexibility index (Phi) is 5.10. The number of rotatable bonds is 4. The number of hydrogen-bond donors (Lipinski definition) is 2. The van der Waals surface area contributed by atoms with Gasteiger partial charge in [-0.05, 0) is 49.6 Å². The number of aliphatic hydroxyl groups excluding tert-OH is 1. The molecule has 2 atom stereocenters. The van der Waals surface area contributed by atoms with Gasteiger partial charge < -0.3 is 20.0 Å². The van der Waals surface area contributed by atoms with Crippen LogP contribution in [-0.2, 0) is 0 Å². The molecule has 0 radical (unpaired) electrons. The van der Waals surface area contributed by atoms with E-state index >= 15 is 0 Å². The number of nitrogens with zero attached hydrogens (tertiary/aromatic N) is 4. The second-order valence-corrected chi connectivity index (χ2v) is 8.65. The standard InChI is InChI=1S/C23H24F2N4O3/c24-15-3-4-19(25)17(10-15)20-2-1-7-28(20)16-5-8-29-21(11-16)18(12-26-29)22(31)27-9-6-23(32,13-27)14-30/h3-5,8,10-12,20,30,32H,1-2,6-7,9,13-14H2/t20-,23?/m1/s1. The highest BCUT2D eigenvalue weighted by Crippen LogP contribution is 2.38. The highest BCUT2D eigenvalue weighted by Gasteiger charge is 2.38. The third-order valence-electron chi connectivity index (χ3n) is 6.55. The highest BCUT2D eigenvalue weighted by molar-refractivity contribution is 6.01. The van der Waals surface area contributed by atoms with Crippen LogP contribution in [0.4, 0.5) is 14.5 Å². The summed E-state index contributed by atoms with van der Waals surface area (Å²) in [6.45, 7) is 0.693. The Hall–Kier alpha value is -3.04. The van der Waals surface area contributed by atoms with Crippen LogP contribution in [0.15, 0.2) is 42.7 Å². The zero-order valence-corrected chi connectivity index (χ0v) is 17.4. The van der Waals surface area contributed by atoms with Crippen molar-refractivity contribution in [2.75, 3.05) is 31.1 Å². The number of aromatic nitrogens is 2. The first-order valence-electron chi connectivity index (χ1n) is 10.7. The zero-order chi connectivity index (χ0) is 22.5. The van der Waals surface area contributed by atoms with E-state index in [1.54, 1.807) is 10.7 Å². The van der Waals surface area contributed by atoms with Crippen molar-refractivity contribution in [3.63, 3.8) is 0 Å². The smallest absolute Gasteiger partial charge is 0.257 e. The lowest BCUT2D eigenvalue weighted by atomic mass is 10.0. The summed E-state index contributed by atoms with van der Waals surface area (Å²) in [4.78, 5) is 16.6. The topological polar surface area (TPSA) is 81.3 Å². The second-order valence-electron chi connectivity index (χ2n) is 8.65. The number of carbonyl (C=O) groups excluding carboxylic acids is 1. The minimum atomic E-state index is -1.28. The van der Waals surface area contributed by atoms with Crippen molar-refractivity contribution in [3.8, 4) is 0 Å². The molecule has 1 unspecified atom stereocenters. The second kappa shape index (κ2) is 7.83. The summed E-state index contributed by atoms with van der Waals surface area (Å²) in [6.07, 6.45) is 5.08. The minimum absolute atomic E-state index is 0.0619. The van der Waals surface area contributed by atoms with Crippen LogP contribution in [0.2, 0.25) is 0 Å². The van der Waals surface area contributed by atoms with E-state index in [9.17, 15) is 23.8 Å². The highest BCUT2D eigenvalue weighted by atomic mass is 19.1. The van der Waals surface area contributed by atoms with Gasteiger partial charge in [0, 0.05) is 30.5 Å². The molecule has 32 heavy (non-hydrogen) atoms. The number of likely N-dealkylation sites (tertiary alicyclic amines) is 1. The molecular formula is C23H24F2N4O3. The molecular weight excluding hydrogens is 418 g/mol. The lowest BCUT2D eigenvalue weighted by molar-refractivity contribution is -0.00453. The number of pyridine rings is 1. The largest absolute Gasteiger partial charge is 0.393 e. The molecule has 9 heteroatoms. The van der Waals surface area contributed by atoms with Gasteiger partial charge in [0.15, 0.2) is 0 Å². The molecule has 2 aliphatic heterocycles. The number of carbonyl (C=O) groups is 1. The third kappa shape index (κ3) is 3.51. The molecule has 0 spiro atoms. The first kappa shape index (κ1) is 20.8. The Balaban J connectivity index is 1.47. The average molecular weight is 442 g/mol. The fraction of sp³-hybridized carbons (Fsp3) is 0.391. The van der Waals surface area contributed by atoms with Gasteiger partial charge in [0.1, 0.15) is 17.2 Å². The van der Waals surface area contributed by atoms with E-state index in [-0.39, 0.29) is 18.5 Å². The number of halogens is 2. The van der Waals surface area contributed by atoms with E-state index < -0.39 is 23.8 Å². The number of amides is 1. The van der Waals surface area contributed by atoms with Crippen molar-refractivity contribution < 1.29 is 23.8 Å². The molecule has 1 amide bonds. The van der Waals surface area contributed by atoms with Gasteiger partial charge in [0.05, 0.1) is 36.5 Å². The van der Waals surface area contributed by atoms with Gasteiger partial charge in [-0.25, -0.2) is 13.3 Å². The minimum Gasteiger partial charge on any atom is -0.393 e. The van der Waals surface area contributed by atoms with Crippen molar-refractivity contribution in [1.82, 2.24) is 14.5 Å². The van der Waals surface area contributed by atoms with Crippen LogP contribution in [-0.4, -0.2) is 62.5 Å². The quantitative estimate of drug-likeness (QED) is 0.649. The average Bonchev–Trinajstić information content (AvgIpc) is 3.53. The lowest BCUT2D eigenvalue weighted by Gasteiger charge is -2.27. The van der Waals surface area contributed by atoms with Crippen LogP contribution in [0.3, 0.4) is 0 Å². The monoisotopic (exact) mass is 442 g/mol. The van der Waals surface area contributed by atoms with Gasteiger partial charge in [-0.1, -0.05) is 0 Å². The summed E-state index contributed by atoms with van der Waals surface area (Å²) >= 11 is 0. The van der Waals surface area contributed by atoms with E-state index in [4.69, 9.17) is 0 Å². The number of fused-ring (bicyclic) bond motifs is 1. The van der Waals surface area contributed by atoms with Crippen molar-refractivity contribution in [2.45, 2.75) is 30.9 Å². The van der Waals surface area contributed by atoms with Gasteiger partial charge >= 0.3 is 0 Å². The predicted molar refractivity (Wildman–Crippen MR) is 113 cm³/mol. The molecule has 4 heterocycles. The molecule has 5 rings (SSSR count). The van der Waals surface area contributed by atoms with E-state index in [0.29, 0.717) is 42.6 Å². The Labute approximate surface area is 183 Å². The van der Waals surface area contributed by atoms with Gasteiger partial charge in [0.25, 0.3) is 5.91 Å². The number of anilines is 1. The summed E-state index contributed by atoms with van der Waals surface area (Å²) in [6, 6.07) is 6.91. The Morgan fingerprint density at radius 3 is 2.84 bits per heavy atom. The number of aliphatic hydroxyl groups is 2. The SMILES string of the molecule is O=C(c1cnn2ccc(N3CCC[C@@H]3c3cc(F)ccc3F)cc12)N1CCC(O)(CO)C1. The van der Waals surface area contributed by atoms with Crippen molar-refractivity contribution in [2.24, 2.45) is 0 Å². The molecule has 168 valence electrons. The molecule has 3 aromatic rings. The van der Waals surface area contributed by atoms with Crippen LogP contribution < -0.4 is 4.90 Å². The van der Waals surface area contributed by atoms with Gasteiger partial charge in [-0.15, -0.1) is 0 Å². The Morgan fingerprint density at radius 2 is 2.06 bits per heavy atom. The molecule has 0 saturated carbocycles. The van der Waals surface area contributed by atoms with Crippen LogP contribution in [0.25, 0.3) is 5.52 Å². The zero-order valence-electron chi connectivity index (χ0n) is 17.4. The fourth-order valence-corrected chi connectivity index (χ4v) is 4.81. The van der Waals surface area contributed by atoms with E-state index in [0.717, 1.165) is 24.2 Å². The maximum absolute atomic E-state index is 14.5. The summed E-state index contributed by atoms with van der Waals surface area (Å²) in [5, 5.41) is 23.9. The summed E-state index contributed by atoms with van der Waals surface area (Å²) < 4.78 is 29.8. The predicted octanol–water partition coefficient (Wildman–Crippen LogP) is 2.52.